The van der Waals surface area contributed by atoms with E-state index in [0.717, 1.165) is 10.6 Å². The number of carbonyl (C=O) groups is 1. The average molecular weight is 345 g/mol. The number of nitro groups is 1. The molecule has 0 radical (unpaired) electrons. The Bertz CT molecular complexity index is 854. The van der Waals surface area contributed by atoms with Gasteiger partial charge in [0.2, 0.25) is 0 Å². The summed E-state index contributed by atoms with van der Waals surface area (Å²) in [6, 6.07) is 9.84. The zero-order chi connectivity index (χ0) is 17.1. The van der Waals surface area contributed by atoms with Crippen molar-refractivity contribution in [1.29, 1.82) is 0 Å². The van der Waals surface area contributed by atoms with Crippen LogP contribution in [-0.2, 0) is 0 Å². The normalized spacial score (nSPS) is 15.0. The number of non-ortho nitro benzene ring substituents is 1. The van der Waals surface area contributed by atoms with E-state index in [1.54, 1.807) is 17.8 Å². The Balaban J connectivity index is 1.82. The van der Waals surface area contributed by atoms with Gasteiger partial charge in [-0.2, -0.15) is 5.10 Å². The van der Waals surface area contributed by atoms with Crippen molar-refractivity contribution in [3.05, 3.63) is 69.5 Å². The topological polar surface area (TPSA) is 84.6 Å². The quantitative estimate of drug-likeness (QED) is 0.683. The van der Waals surface area contributed by atoms with Gasteiger partial charge in [-0.05, 0) is 24.3 Å². The Morgan fingerprint density at radius 1 is 1.29 bits per heavy atom. The van der Waals surface area contributed by atoms with Crippen LogP contribution < -0.4 is 5.43 Å². The van der Waals surface area contributed by atoms with Crippen molar-refractivity contribution in [3.8, 4) is 0 Å². The first-order valence-electron chi connectivity index (χ1n) is 7.08. The summed E-state index contributed by atoms with van der Waals surface area (Å²) in [4.78, 5) is 23.2. The molecule has 1 N–H and O–H groups in total. The molecule has 1 heterocycles. The van der Waals surface area contributed by atoms with Gasteiger partial charge in [0.25, 0.3) is 11.6 Å². The molecule has 1 amide bonds. The molecule has 0 unspecified atom stereocenters. The number of fused-ring (bicyclic) bond motifs is 1. The smallest absolute Gasteiger partial charge is 0.267 e. The van der Waals surface area contributed by atoms with Crippen LogP contribution in [0, 0.1) is 15.9 Å². The van der Waals surface area contributed by atoms with Crippen molar-refractivity contribution < 1.29 is 14.1 Å². The SMILES string of the molecule is O=C(N/N=C1/CCSc2ccc(F)cc21)c1cccc([N+](=O)[O-])c1. The first-order chi connectivity index (χ1) is 11.5. The zero-order valence-corrected chi connectivity index (χ0v) is 13.2. The van der Waals surface area contributed by atoms with Gasteiger partial charge in [-0.25, -0.2) is 9.82 Å². The molecule has 0 fully saturated rings. The maximum atomic E-state index is 13.4. The van der Waals surface area contributed by atoms with Crippen molar-refractivity contribution in [2.24, 2.45) is 5.10 Å². The Hall–Kier alpha value is -2.74. The number of thioether (sulfide) groups is 1. The lowest BCUT2D eigenvalue weighted by Gasteiger charge is -2.17. The molecule has 6 nitrogen and oxygen atoms in total. The second-order valence-corrected chi connectivity index (χ2v) is 6.18. The number of amides is 1. The van der Waals surface area contributed by atoms with Gasteiger partial charge in [-0.15, -0.1) is 11.8 Å². The number of carbonyl (C=O) groups excluding carboxylic acids is 1. The van der Waals surface area contributed by atoms with Gasteiger partial charge < -0.3 is 0 Å². The van der Waals surface area contributed by atoms with E-state index in [0.29, 0.717) is 17.7 Å². The molecule has 0 aliphatic carbocycles. The second-order valence-electron chi connectivity index (χ2n) is 5.05. The molecule has 24 heavy (non-hydrogen) atoms. The van der Waals surface area contributed by atoms with Gasteiger partial charge in [-0.1, -0.05) is 6.07 Å². The number of hydrazone groups is 1. The molecule has 0 bridgehead atoms. The minimum Gasteiger partial charge on any atom is -0.267 e. The summed E-state index contributed by atoms with van der Waals surface area (Å²) in [7, 11) is 0. The predicted molar refractivity (Wildman–Crippen MR) is 88.8 cm³/mol. The molecule has 0 saturated carbocycles. The maximum absolute atomic E-state index is 13.4. The number of hydrogen-bond donors (Lipinski definition) is 1. The number of benzene rings is 2. The lowest BCUT2D eigenvalue weighted by molar-refractivity contribution is -0.384. The monoisotopic (exact) mass is 345 g/mol. The molecule has 3 rings (SSSR count). The van der Waals surface area contributed by atoms with E-state index in [-0.39, 0.29) is 17.1 Å². The Morgan fingerprint density at radius 3 is 2.92 bits per heavy atom. The number of halogens is 1. The number of nitrogens with one attached hydrogen (secondary N) is 1. The minimum absolute atomic E-state index is 0.137. The van der Waals surface area contributed by atoms with Crippen LogP contribution in [0.5, 0.6) is 0 Å². The van der Waals surface area contributed by atoms with E-state index in [9.17, 15) is 19.3 Å². The van der Waals surface area contributed by atoms with Crippen molar-refractivity contribution >= 4 is 29.1 Å². The molecule has 1 aliphatic rings. The zero-order valence-electron chi connectivity index (χ0n) is 12.4. The Kier molecular flexibility index (Phi) is 4.57. The van der Waals surface area contributed by atoms with Crippen LogP contribution in [-0.4, -0.2) is 22.3 Å². The maximum Gasteiger partial charge on any atom is 0.271 e. The first kappa shape index (κ1) is 16.1. The second kappa shape index (κ2) is 6.79. The largest absolute Gasteiger partial charge is 0.271 e. The molecular weight excluding hydrogens is 333 g/mol. The fraction of sp³-hybridized carbons (Fsp3) is 0.125. The van der Waals surface area contributed by atoms with Gasteiger partial charge in [-0.3, -0.25) is 14.9 Å². The Labute approximate surface area is 140 Å². The highest BCUT2D eigenvalue weighted by Crippen LogP contribution is 2.30. The number of nitro benzene ring substituents is 1. The van der Waals surface area contributed by atoms with E-state index in [1.807, 2.05) is 0 Å². The van der Waals surface area contributed by atoms with Crippen LogP contribution >= 0.6 is 11.8 Å². The van der Waals surface area contributed by atoms with Gasteiger partial charge in [0.15, 0.2) is 0 Å². The average Bonchev–Trinajstić information content (AvgIpc) is 2.59. The van der Waals surface area contributed by atoms with Crippen molar-refractivity contribution in [1.82, 2.24) is 5.43 Å². The molecule has 0 aromatic heterocycles. The molecule has 0 atom stereocenters. The fourth-order valence-electron chi connectivity index (χ4n) is 2.31. The van der Waals surface area contributed by atoms with Crippen LogP contribution in [0.4, 0.5) is 10.1 Å². The predicted octanol–water partition coefficient (Wildman–Crippen LogP) is 3.36. The standard InChI is InChI=1S/C16H12FN3O3S/c17-11-4-5-15-13(9-11)14(6-7-24-15)18-19-16(21)10-2-1-3-12(8-10)20(22)23/h1-5,8-9H,6-7H2,(H,19,21)/b18-14-. The lowest BCUT2D eigenvalue weighted by Crippen LogP contribution is -2.22. The molecule has 2 aromatic carbocycles. The van der Waals surface area contributed by atoms with Crippen LogP contribution in [0.1, 0.15) is 22.3 Å². The van der Waals surface area contributed by atoms with Crippen molar-refractivity contribution in [2.45, 2.75) is 11.3 Å². The molecular formula is C16H12FN3O3S. The summed E-state index contributed by atoms with van der Waals surface area (Å²) in [5.74, 6) is -0.138. The van der Waals surface area contributed by atoms with Gasteiger partial charge >= 0.3 is 0 Å². The lowest BCUT2D eigenvalue weighted by atomic mass is 10.1. The van der Waals surface area contributed by atoms with E-state index >= 15 is 0 Å². The van der Waals surface area contributed by atoms with Crippen LogP contribution in [0.25, 0.3) is 0 Å². The third-order valence-corrected chi connectivity index (χ3v) is 4.54. The van der Waals surface area contributed by atoms with Crippen molar-refractivity contribution in [3.63, 3.8) is 0 Å². The number of nitrogens with zero attached hydrogens (tertiary/aromatic N) is 2. The summed E-state index contributed by atoms with van der Waals surface area (Å²) < 4.78 is 13.4. The minimum atomic E-state index is -0.569. The molecule has 1 aliphatic heterocycles. The molecule has 0 spiro atoms. The van der Waals surface area contributed by atoms with E-state index in [2.05, 4.69) is 10.5 Å². The Morgan fingerprint density at radius 2 is 2.12 bits per heavy atom. The molecule has 0 saturated heterocycles. The van der Waals surface area contributed by atoms with Crippen LogP contribution in [0.15, 0.2) is 52.5 Å². The van der Waals surface area contributed by atoms with E-state index in [4.69, 9.17) is 0 Å². The summed E-state index contributed by atoms with van der Waals surface area (Å²) >= 11 is 1.60. The van der Waals surface area contributed by atoms with E-state index in [1.165, 1.54) is 36.4 Å². The van der Waals surface area contributed by atoms with Gasteiger partial charge in [0.05, 0.1) is 10.6 Å². The highest BCUT2D eigenvalue weighted by atomic mass is 32.2. The number of hydrogen-bond acceptors (Lipinski definition) is 5. The van der Waals surface area contributed by atoms with Crippen LogP contribution in [0.2, 0.25) is 0 Å². The fourth-order valence-corrected chi connectivity index (χ4v) is 3.32. The van der Waals surface area contributed by atoms with Crippen molar-refractivity contribution in [2.75, 3.05) is 5.75 Å². The van der Waals surface area contributed by atoms with Gasteiger partial charge in [0, 0.05) is 40.3 Å². The summed E-state index contributed by atoms with van der Waals surface area (Å²) in [6.45, 7) is 0. The molecule has 2 aromatic rings. The highest BCUT2D eigenvalue weighted by molar-refractivity contribution is 7.99. The molecule has 122 valence electrons. The van der Waals surface area contributed by atoms with E-state index < -0.39 is 10.8 Å². The third kappa shape index (κ3) is 3.43. The summed E-state index contributed by atoms with van der Waals surface area (Å²) in [6.07, 6.45) is 0.594. The first-order valence-corrected chi connectivity index (χ1v) is 8.07. The summed E-state index contributed by atoms with van der Waals surface area (Å²) in [5, 5.41) is 14.8. The molecule has 8 heteroatoms. The number of rotatable bonds is 3. The van der Waals surface area contributed by atoms with Gasteiger partial charge in [0.1, 0.15) is 5.82 Å². The summed E-state index contributed by atoms with van der Waals surface area (Å²) in [5.41, 5.74) is 3.60. The van der Waals surface area contributed by atoms with Crippen LogP contribution in [0.3, 0.4) is 0 Å². The third-order valence-electron chi connectivity index (χ3n) is 3.46. The highest BCUT2D eigenvalue weighted by Gasteiger charge is 2.18.